The monoisotopic (exact) mass is 391 g/mol. The number of piperidine rings is 1. The van der Waals surface area contributed by atoms with E-state index in [0.29, 0.717) is 5.92 Å². The van der Waals surface area contributed by atoms with E-state index in [1.54, 1.807) is 6.92 Å². The largest absolute Gasteiger partial charge is 0.418 e. The zero-order valence-electron chi connectivity index (χ0n) is 15.2. The smallest absolute Gasteiger partial charge is 0.324 e. The van der Waals surface area contributed by atoms with Crippen molar-refractivity contribution in [1.82, 2.24) is 9.80 Å². The number of carbonyl (C=O) groups is 1. The second-order valence-corrected chi connectivity index (χ2v) is 7.55. The maximum absolute atomic E-state index is 13.2. The first-order valence-corrected chi connectivity index (χ1v) is 9.02. The number of alkyl halides is 3. The Morgan fingerprint density at radius 3 is 2.73 bits per heavy atom. The summed E-state index contributed by atoms with van der Waals surface area (Å²) in [5.41, 5.74) is -1.20. The molecule has 0 aromatic heterocycles. The molecule has 1 N–H and O–H groups in total. The summed E-state index contributed by atoms with van der Waals surface area (Å²) < 4.78 is 39.5. The van der Waals surface area contributed by atoms with Crippen LogP contribution in [0.4, 0.5) is 18.9 Å². The Hall–Kier alpha value is -1.31. The molecule has 1 aliphatic rings. The van der Waals surface area contributed by atoms with Gasteiger partial charge in [0.2, 0.25) is 5.91 Å². The molecule has 1 fully saturated rings. The quantitative estimate of drug-likeness (QED) is 0.825. The van der Waals surface area contributed by atoms with Gasteiger partial charge in [-0.15, -0.1) is 0 Å². The predicted octanol–water partition coefficient (Wildman–Crippen LogP) is 3.96. The Bertz CT molecular complexity index is 637. The molecule has 0 saturated carbocycles. The summed E-state index contributed by atoms with van der Waals surface area (Å²) in [6.45, 7) is 4.20. The summed E-state index contributed by atoms with van der Waals surface area (Å²) in [7, 11) is 4.02. The molecule has 1 aromatic rings. The summed E-state index contributed by atoms with van der Waals surface area (Å²) in [5, 5.41) is 2.41. The molecule has 1 amide bonds. The number of hydrogen-bond acceptors (Lipinski definition) is 3. The van der Waals surface area contributed by atoms with Gasteiger partial charge in [-0.3, -0.25) is 9.69 Å². The molecule has 2 rings (SSSR count). The Balaban J connectivity index is 2.08. The molecule has 2 atom stereocenters. The number of carbonyl (C=O) groups excluding carboxylic acids is 1. The number of likely N-dealkylation sites (tertiary alicyclic amines) is 1. The number of rotatable bonds is 5. The van der Waals surface area contributed by atoms with Crippen molar-refractivity contribution >= 4 is 23.2 Å². The van der Waals surface area contributed by atoms with Gasteiger partial charge >= 0.3 is 6.18 Å². The summed E-state index contributed by atoms with van der Waals surface area (Å²) in [5.74, 6) is 0.0126. The van der Waals surface area contributed by atoms with Gasteiger partial charge in [-0.1, -0.05) is 11.6 Å². The molecule has 1 aromatic carbocycles. The zero-order valence-corrected chi connectivity index (χ0v) is 16.0. The maximum atomic E-state index is 13.2. The standard InChI is InChI=1S/C18H25ClF3N3O/c1-12(25-8-4-5-13(11-25)10-24(2)3)17(26)23-16-7-6-14(19)9-15(16)18(20,21)22/h6-7,9,12-13H,4-5,8,10-11H2,1-3H3,(H,23,26)/t12-,13-/m1/s1. The minimum atomic E-state index is -4.58. The molecular weight excluding hydrogens is 367 g/mol. The van der Waals surface area contributed by atoms with Crippen molar-refractivity contribution in [2.24, 2.45) is 5.92 Å². The highest BCUT2D eigenvalue weighted by atomic mass is 35.5. The lowest BCUT2D eigenvalue weighted by Crippen LogP contribution is -2.48. The first kappa shape index (κ1) is 21.0. The van der Waals surface area contributed by atoms with E-state index in [9.17, 15) is 18.0 Å². The number of halogens is 4. The lowest BCUT2D eigenvalue weighted by Gasteiger charge is -2.37. The van der Waals surface area contributed by atoms with Crippen molar-refractivity contribution in [1.29, 1.82) is 0 Å². The van der Waals surface area contributed by atoms with Crippen LogP contribution in [0.15, 0.2) is 18.2 Å². The van der Waals surface area contributed by atoms with Gasteiger partial charge < -0.3 is 10.2 Å². The molecule has 0 aliphatic carbocycles. The van der Waals surface area contributed by atoms with E-state index in [0.717, 1.165) is 38.5 Å². The van der Waals surface area contributed by atoms with Gasteiger partial charge in [0.1, 0.15) is 0 Å². The fraction of sp³-hybridized carbons (Fsp3) is 0.611. The van der Waals surface area contributed by atoms with E-state index in [4.69, 9.17) is 11.6 Å². The predicted molar refractivity (Wildman–Crippen MR) is 97.4 cm³/mol. The fourth-order valence-electron chi connectivity index (χ4n) is 3.38. The molecule has 0 bridgehead atoms. The third-order valence-electron chi connectivity index (χ3n) is 4.65. The average molecular weight is 392 g/mol. The first-order valence-electron chi connectivity index (χ1n) is 8.64. The van der Waals surface area contributed by atoms with Crippen molar-refractivity contribution in [2.45, 2.75) is 32.0 Å². The first-order chi connectivity index (χ1) is 12.1. The lowest BCUT2D eigenvalue weighted by atomic mass is 9.96. The Labute approximate surface area is 157 Å². The second-order valence-electron chi connectivity index (χ2n) is 7.12. The average Bonchev–Trinajstić information content (AvgIpc) is 2.54. The molecule has 1 heterocycles. The summed E-state index contributed by atoms with van der Waals surface area (Å²) in [4.78, 5) is 16.7. The summed E-state index contributed by atoms with van der Waals surface area (Å²) in [6.07, 6.45) is -2.51. The van der Waals surface area contributed by atoms with Crippen molar-refractivity contribution in [3.05, 3.63) is 28.8 Å². The molecular formula is C18H25ClF3N3O. The minimum absolute atomic E-state index is 0.0223. The minimum Gasteiger partial charge on any atom is -0.324 e. The number of nitrogens with one attached hydrogen (secondary N) is 1. The SMILES string of the molecule is C[C@H](C(=O)Nc1ccc(Cl)cc1C(F)(F)F)N1CCC[C@H](CN(C)C)C1. The van der Waals surface area contributed by atoms with E-state index >= 15 is 0 Å². The van der Waals surface area contributed by atoms with Crippen LogP contribution in [0.3, 0.4) is 0 Å². The van der Waals surface area contributed by atoms with Gasteiger partial charge in [-0.25, -0.2) is 0 Å². The molecule has 4 nitrogen and oxygen atoms in total. The van der Waals surface area contributed by atoms with Crippen LogP contribution < -0.4 is 5.32 Å². The zero-order chi connectivity index (χ0) is 19.5. The number of amides is 1. The van der Waals surface area contributed by atoms with E-state index in [1.165, 1.54) is 12.1 Å². The highest BCUT2D eigenvalue weighted by molar-refractivity contribution is 6.30. The van der Waals surface area contributed by atoms with Crippen molar-refractivity contribution < 1.29 is 18.0 Å². The molecule has 8 heteroatoms. The van der Waals surface area contributed by atoms with Crippen molar-refractivity contribution in [3.8, 4) is 0 Å². The van der Waals surface area contributed by atoms with Crippen molar-refractivity contribution in [3.63, 3.8) is 0 Å². The van der Waals surface area contributed by atoms with Crippen LogP contribution in [-0.4, -0.2) is 55.5 Å². The normalized spacial score (nSPS) is 20.2. The van der Waals surface area contributed by atoms with E-state index in [-0.39, 0.29) is 10.7 Å². The molecule has 0 unspecified atom stereocenters. The van der Waals surface area contributed by atoms with E-state index in [1.807, 2.05) is 19.0 Å². The van der Waals surface area contributed by atoms with Crippen LogP contribution in [0.5, 0.6) is 0 Å². The summed E-state index contributed by atoms with van der Waals surface area (Å²) >= 11 is 5.68. The van der Waals surface area contributed by atoms with E-state index < -0.39 is 23.7 Å². The van der Waals surface area contributed by atoms with Crippen LogP contribution in [0.2, 0.25) is 5.02 Å². The maximum Gasteiger partial charge on any atom is 0.418 e. The molecule has 1 aliphatic heterocycles. The lowest BCUT2D eigenvalue weighted by molar-refractivity contribution is -0.137. The second kappa shape index (κ2) is 8.59. The van der Waals surface area contributed by atoms with Crippen molar-refractivity contribution in [2.75, 3.05) is 39.0 Å². The number of anilines is 1. The van der Waals surface area contributed by atoms with Gasteiger partial charge in [-0.05, 0) is 64.5 Å². The Morgan fingerprint density at radius 2 is 2.12 bits per heavy atom. The highest BCUT2D eigenvalue weighted by Gasteiger charge is 2.35. The molecule has 0 radical (unpaired) electrons. The van der Waals surface area contributed by atoms with Crippen LogP contribution in [0.1, 0.15) is 25.3 Å². The fourth-order valence-corrected chi connectivity index (χ4v) is 3.55. The number of hydrogen-bond donors (Lipinski definition) is 1. The van der Waals surface area contributed by atoms with Crippen LogP contribution in [0, 0.1) is 5.92 Å². The highest BCUT2D eigenvalue weighted by Crippen LogP contribution is 2.36. The number of nitrogens with zero attached hydrogens (tertiary/aromatic N) is 2. The van der Waals surface area contributed by atoms with Crippen LogP contribution in [-0.2, 0) is 11.0 Å². The van der Waals surface area contributed by atoms with Crippen LogP contribution in [0.25, 0.3) is 0 Å². The molecule has 0 spiro atoms. The topological polar surface area (TPSA) is 35.6 Å². The Kier molecular flexibility index (Phi) is 6.93. The van der Waals surface area contributed by atoms with Gasteiger partial charge in [-0.2, -0.15) is 13.2 Å². The van der Waals surface area contributed by atoms with Gasteiger partial charge in [0.05, 0.1) is 17.3 Å². The third kappa shape index (κ3) is 5.59. The van der Waals surface area contributed by atoms with Gasteiger partial charge in [0.25, 0.3) is 0 Å². The Morgan fingerprint density at radius 1 is 1.42 bits per heavy atom. The molecule has 1 saturated heterocycles. The van der Waals surface area contributed by atoms with Crippen LogP contribution >= 0.6 is 11.6 Å². The number of benzene rings is 1. The van der Waals surface area contributed by atoms with Gasteiger partial charge in [0, 0.05) is 18.1 Å². The molecule has 146 valence electrons. The summed E-state index contributed by atoms with van der Waals surface area (Å²) in [6, 6.07) is 2.86. The molecule has 26 heavy (non-hydrogen) atoms. The van der Waals surface area contributed by atoms with Gasteiger partial charge in [0.15, 0.2) is 0 Å². The van der Waals surface area contributed by atoms with E-state index in [2.05, 4.69) is 10.2 Å². The third-order valence-corrected chi connectivity index (χ3v) is 4.88.